The van der Waals surface area contributed by atoms with E-state index < -0.39 is 0 Å². The maximum atomic E-state index is 8.92. The number of hydrogen-bond acceptors (Lipinski definition) is 2. The summed E-state index contributed by atoms with van der Waals surface area (Å²) < 4.78 is 0. The summed E-state index contributed by atoms with van der Waals surface area (Å²) in [5, 5.41) is 8.92. The Balaban J connectivity index is 2.41. The summed E-state index contributed by atoms with van der Waals surface area (Å²) in [6.45, 7) is 5.74. The summed E-state index contributed by atoms with van der Waals surface area (Å²) in [4.78, 5) is 2.35. The van der Waals surface area contributed by atoms with E-state index in [0.29, 0.717) is 6.61 Å². The van der Waals surface area contributed by atoms with E-state index in [0.717, 1.165) is 24.4 Å². The summed E-state index contributed by atoms with van der Waals surface area (Å²) in [5.41, 5.74) is 0. The first-order valence-corrected chi connectivity index (χ1v) is 5.96. The van der Waals surface area contributed by atoms with Crippen LogP contribution in [0, 0.1) is 11.8 Å². The van der Waals surface area contributed by atoms with Gasteiger partial charge in [0.05, 0.1) is 6.61 Å². The van der Waals surface area contributed by atoms with Crippen LogP contribution in [0.2, 0.25) is 0 Å². The van der Waals surface area contributed by atoms with Gasteiger partial charge in [-0.1, -0.05) is 20.3 Å². The molecule has 1 aliphatic rings. The SMILES string of the molecule is CC(C)CC1CCCC1N(C)CCO. The molecule has 1 saturated carbocycles. The smallest absolute Gasteiger partial charge is 0.0558 e. The Morgan fingerprint density at radius 3 is 2.64 bits per heavy atom. The van der Waals surface area contributed by atoms with Crippen molar-refractivity contribution in [3.8, 4) is 0 Å². The molecule has 0 spiro atoms. The number of hydrogen-bond donors (Lipinski definition) is 1. The predicted octanol–water partition coefficient (Wildman–Crippen LogP) is 2.13. The van der Waals surface area contributed by atoms with Crippen molar-refractivity contribution in [2.24, 2.45) is 11.8 Å². The van der Waals surface area contributed by atoms with Crippen molar-refractivity contribution in [1.29, 1.82) is 0 Å². The normalized spacial score (nSPS) is 27.9. The van der Waals surface area contributed by atoms with Gasteiger partial charge < -0.3 is 10.0 Å². The first kappa shape index (κ1) is 12.0. The molecular formula is C12H25NO. The van der Waals surface area contributed by atoms with Crippen molar-refractivity contribution >= 4 is 0 Å². The van der Waals surface area contributed by atoms with Crippen LogP contribution in [-0.2, 0) is 0 Å². The van der Waals surface area contributed by atoms with Gasteiger partial charge in [0.1, 0.15) is 0 Å². The van der Waals surface area contributed by atoms with Crippen molar-refractivity contribution in [2.45, 2.75) is 45.6 Å². The fraction of sp³-hybridized carbons (Fsp3) is 1.00. The zero-order valence-electron chi connectivity index (χ0n) is 9.87. The first-order valence-electron chi connectivity index (χ1n) is 5.96. The lowest BCUT2D eigenvalue weighted by atomic mass is 9.92. The van der Waals surface area contributed by atoms with E-state index in [4.69, 9.17) is 5.11 Å². The zero-order valence-corrected chi connectivity index (χ0v) is 9.87. The lowest BCUT2D eigenvalue weighted by Gasteiger charge is -2.30. The number of aliphatic hydroxyl groups is 1. The van der Waals surface area contributed by atoms with Gasteiger partial charge in [-0.05, 0) is 38.1 Å². The monoisotopic (exact) mass is 199 g/mol. The largest absolute Gasteiger partial charge is 0.395 e. The molecule has 0 aliphatic heterocycles. The molecule has 2 atom stereocenters. The maximum Gasteiger partial charge on any atom is 0.0558 e. The Bertz CT molecular complexity index is 158. The third-order valence-electron chi connectivity index (χ3n) is 3.41. The van der Waals surface area contributed by atoms with Crippen molar-refractivity contribution < 1.29 is 5.11 Å². The molecule has 2 unspecified atom stereocenters. The van der Waals surface area contributed by atoms with Gasteiger partial charge in [0.25, 0.3) is 0 Å². The molecule has 1 N–H and O–H groups in total. The molecule has 0 aromatic carbocycles. The molecular weight excluding hydrogens is 174 g/mol. The number of likely N-dealkylation sites (N-methyl/N-ethyl adjacent to an activating group) is 1. The van der Waals surface area contributed by atoms with Gasteiger partial charge in [0, 0.05) is 12.6 Å². The van der Waals surface area contributed by atoms with Crippen LogP contribution in [0.25, 0.3) is 0 Å². The minimum atomic E-state index is 0.293. The molecule has 2 nitrogen and oxygen atoms in total. The van der Waals surface area contributed by atoms with Gasteiger partial charge in [-0.25, -0.2) is 0 Å². The number of rotatable bonds is 5. The summed E-state index contributed by atoms with van der Waals surface area (Å²) in [7, 11) is 2.15. The highest BCUT2D eigenvalue weighted by Gasteiger charge is 2.30. The van der Waals surface area contributed by atoms with Crippen molar-refractivity contribution in [3.05, 3.63) is 0 Å². The average molecular weight is 199 g/mol. The Hall–Kier alpha value is -0.0800. The second-order valence-electron chi connectivity index (χ2n) is 5.09. The Morgan fingerprint density at radius 2 is 2.07 bits per heavy atom. The number of aliphatic hydroxyl groups excluding tert-OH is 1. The van der Waals surface area contributed by atoms with Gasteiger partial charge in [-0.3, -0.25) is 0 Å². The van der Waals surface area contributed by atoms with Crippen LogP contribution in [0.1, 0.15) is 39.5 Å². The van der Waals surface area contributed by atoms with Gasteiger partial charge in [0.2, 0.25) is 0 Å². The molecule has 0 aromatic heterocycles. The molecule has 1 fully saturated rings. The standard InChI is InChI=1S/C12H25NO/c1-10(2)9-11-5-4-6-12(11)13(3)7-8-14/h10-12,14H,4-9H2,1-3H3. The van der Waals surface area contributed by atoms with Crippen molar-refractivity contribution in [1.82, 2.24) is 4.90 Å². The molecule has 0 saturated heterocycles. The minimum absolute atomic E-state index is 0.293. The van der Waals surface area contributed by atoms with Gasteiger partial charge in [-0.2, -0.15) is 0 Å². The number of nitrogens with zero attached hydrogens (tertiary/aromatic N) is 1. The molecule has 2 heteroatoms. The third-order valence-corrected chi connectivity index (χ3v) is 3.41. The molecule has 0 heterocycles. The third kappa shape index (κ3) is 3.25. The molecule has 84 valence electrons. The topological polar surface area (TPSA) is 23.5 Å². The molecule has 14 heavy (non-hydrogen) atoms. The van der Waals surface area contributed by atoms with Crippen LogP contribution in [-0.4, -0.2) is 36.2 Å². The summed E-state index contributed by atoms with van der Waals surface area (Å²) in [6.07, 6.45) is 5.44. The Morgan fingerprint density at radius 1 is 1.36 bits per heavy atom. The minimum Gasteiger partial charge on any atom is -0.395 e. The highest BCUT2D eigenvalue weighted by atomic mass is 16.3. The van der Waals surface area contributed by atoms with Crippen LogP contribution in [0.4, 0.5) is 0 Å². The quantitative estimate of drug-likeness (QED) is 0.733. The lowest BCUT2D eigenvalue weighted by molar-refractivity contribution is 0.146. The summed E-state index contributed by atoms with van der Waals surface area (Å²) >= 11 is 0. The Kier molecular flexibility index (Phi) is 4.90. The molecule has 0 bridgehead atoms. The van der Waals surface area contributed by atoms with E-state index in [1.165, 1.54) is 25.7 Å². The summed E-state index contributed by atoms with van der Waals surface area (Å²) in [5.74, 6) is 1.68. The molecule has 1 rings (SSSR count). The highest BCUT2D eigenvalue weighted by molar-refractivity contribution is 4.84. The molecule has 0 radical (unpaired) electrons. The van der Waals surface area contributed by atoms with Crippen LogP contribution in [0.3, 0.4) is 0 Å². The molecule has 0 amide bonds. The van der Waals surface area contributed by atoms with Crippen LogP contribution in [0.5, 0.6) is 0 Å². The second-order valence-corrected chi connectivity index (χ2v) is 5.09. The van der Waals surface area contributed by atoms with Gasteiger partial charge >= 0.3 is 0 Å². The summed E-state index contributed by atoms with van der Waals surface area (Å²) in [6, 6.07) is 0.726. The fourth-order valence-corrected chi connectivity index (χ4v) is 2.80. The van der Waals surface area contributed by atoms with Crippen molar-refractivity contribution in [3.63, 3.8) is 0 Å². The first-order chi connectivity index (χ1) is 6.65. The van der Waals surface area contributed by atoms with E-state index in [2.05, 4.69) is 25.8 Å². The maximum absolute atomic E-state index is 8.92. The van der Waals surface area contributed by atoms with Crippen LogP contribution in [0.15, 0.2) is 0 Å². The van der Waals surface area contributed by atoms with Crippen LogP contribution < -0.4 is 0 Å². The molecule has 1 aliphatic carbocycles. The van der Waals surface area contributed by atoms with Crippen molar-refractivity contribution in [2.75, 3.05) is 20.2 Å². The second kappa shape index (κ2) is 5.72. The van der Waals surface area contributed by atoms with Gasteiger partial charge in [-0.15, -0.1) is 0 Å². The fourth-order valence-electron chi connectivity index (χ4n) is 2.80. The zero-order chi connectivity index (χ0) is 10.6. The van der Waals surface area contributed by atoms with E-state index >= 15 is 0 Å². The predicted molar refractivity (Wildman–Crippen MR) is 60.3 cm³/mol. The van der Waals surface area contributed by atoms with Gasteiger partial charge in [0.15, 0.2) is 0 Å². The molecule has 0 aromatic rings. The highest BCUT2D eigenvalue weighted by Crippen LogP contribution is 2.33. The van der Waals surface area contributed by atoms with E-state index in [9.17, 15) is 0 Å². The van der Waals surface area contributed by atoms with Crippen LogP contribution >= 0.6 is 0 Å². The van der Waals surface area contributed by atoms with E-state index in [1.807, 2.05) is 0 Å². The average Bonchev–Trinajstić information content (AvgIpc) is 2.51. The van der Waals surface area contributed by atoms with E-state index in [-0.39, 0.29) is 0 Å². The lowest BCUT2D eigenvalue weighted by Crippen LogP contribution is -2.36. The van der Waals surface area contributed by atoms with E-state index in [1.54, 1.807) is 0 Å². The Labute approximate surface area is 88.3 Å².